The predicted molar refractivity (Wildman–Crippen MR) is 47.3 cm³/mol. The van der Waals surface area contributed by atoms with Crippen molar-refractivity contribution >= 4 is 11.6 Å². The van der Waals surface area contributed by atoms with Gasteiger partial charge in [0.05, 0.1) is 5.38 Å². The van der Waals surface area contributed by atoms with Crippen molar-refractivity contribution in [2.75, 3.05) is 0 Å². The van der Waals surface area contributed by atoms with E-state index < -0.39 is 6.61 Å². The zero-order valence-electron chi connectivity index (χ0n) is 7.01. The van der Waals surface area contributed by atoms with E-state index in [4.69, 9.17) is 11.6 Å². The summed E-state index contributed by atoms with van der Waals surface area (Å²) in [4.78, 5) is 0. The number of rotatable bonds is 3. The second kappa shape index (κ2) is 4.42. The van der Waals surface area contributed by atoms with E-state index in [1.54, 1.807) is 12.1 Å². The molecule has 1 rings (SSSR count). The summed E-state index contributed by atoms with van der Waals surface area (Å²) < 4.78 is 27.6. The Kier molecular flexibility index (Phi) is 3.48. The maximum Gasteiger partial charge on any atom is 0.387 e. The third kappa shape index (κ3) is 3.19. The van der Waals surface area contributed by atoms with Crippen LogP contribution in [0.3, 0.4) is 0 Å². The number of ether oxygens (including phenoxy) is 1. The van der Waals surface area contributed by atoms with Crippen LogP contribution in [0.5, 0.6) is 5.75 Å². The molecule has 0 heterocycles. The molecule has 1 atom stereocenters. The van der Waals surface area contributed by atoms with E-state index in [-0.39, 0.29) is 11.1 Å². The molecule has 0 unspecified atom stereocenters. The van der Waals surface area contributed by atoms with Crippen molar-refractivity contribution in [3.05, 3.63) is 29.8 Å². The van der Waals surface area contributed by atoms with Gasteiger partial charge in [-0.3, -0.25) is 0 Å². The van der Waals surface area contributed by atoms with Gasteiger partial charge in [0.25, 0.3) is 0 Å². The molecular weight excluding hydrogens is 198 g/mol. The molecule has 0 spiro atoms. The Morgan fingerprint density at radius 1 is 1.23 bits per heavy atom. The summed E-state index contributed by atoms with van der Waals surface area (Å²) in [6, 6.07) is 6.27. The first-order valence-corrected chi connectivity index (χ1v) is 4.22. The second-order valence-electron chi connectivity index (χ2n) is 2.56. The molecule has 0 aliphatic heterocycles. The van der Waals surface area contributed by atoms with Crippen LogP contribution in [0.25, 0.3) is 0 Å². The molecule has 1 aromatic rings. The highest BCUT2D eigenvalue weighted by Gasteiger charge is 2.05. The minimum Gasteiger partial charge on any atom is -0.435 e. The van der Waals surface area contributed by atoms with Crippen molar-refractivity contribution in [2.24, 2.45) is 0 Å². The molecule has 0 N–H and O–H groups in total. The first-order chi connectivity index (χ1) is 6.09. The third-order valence-corrected chi connectivity index (χ3v) is 1.82. The average molecular weight is 207 g/mol. The van der Waals surface area contributed by atoms with Gasteiger partial charge < -0.3 is 4.74 Å². The zero-order valence-corrected chi connectivity index (χ0v) is 7.76. The standard InChI is InChI=1S/C9H9ClF2O/c1-6(10)7-2-4-8(5-3-7)13-9(11)12/h2-6,9H,1H3/t6-/m0/s1. The normalized spacial score (nSPS) is 13.0. The monoisotopic (exact) mass is 206 g/mol. The van der Waals surface area contributed by atoms with E-state index in [1.807, 2.05) is 6.92 Å². The number of benzene rings is 1. The highest BCUT2D eigenvalue weighted by molar-refractivity contribution is 6.20. The van der Waals surface area contributed by atoms with E-state index in [0.717, 1.165) is 5.56 Å². The molecule has 0 fully saturated rings. The first kappa shape index (κ1) is 10.3. The van der Waals surface area contributed by atoms with Crippen LogP contribution in [0.2, 0.25) is 0 Å². The van der Waals surface area contributed by atoms with Gasteiger partial charge in [0.1, 0.15) is 5.75 Å². The molecule has 0 bridgehead atoms. The van der Waals surface area contributed by atoms with Crippen molar-refractivity contribution in [2.45, 2.75) is 18.9 Å². The highest BCUT2D eigenvalue weighted by atomic mass is 35.5. The summed E-state index contributed by atoms with van der Waals surface area (Å²) in [7, 11) is 0. The molecule has 0 saturated carbocycles. The van der Waals surface area contributed by atoms with Crippen molar-refractivity contribution < 1.29 is 13.5 Å². The maximum absolute atomic E-state index is 11.7. The van der Waals surface area contributed by atoms with Gasteiger partial charge >= 0.3 is 6.61 Å². The van der Waals surface area contributed by atoms with E-state index in [1.165, 1.54) is 12.1 Å². The predicted octanol–water partition coefficient (Wildman–Crippen LogP) is 3.59. The number of halogens is 3. The van der Waals surface area contributed by atoms with Crippen molar-refractivity contribution in [1.82, 2.24) is 0 Å². The third-order valence-electron chi connectivity index (χ3n) is 1.56. The van der Waals surface area contributed by atoms with E-state index >= 15 is 0 Å². The smallest absolute Gasteiger partial charge is 0.387 e. The van der Waals surface area contributed by atoms with Gasteiger partial charge in [-0.1, -0.05) is 12.1 Å². The van der Waals surface area contributed by atoms with Gasteiger partial charge in [0, 0.05) is 0 Å². The minimum atomic E-state index is -2.78. The van der Waals surface area contributed by atoms with Crippen LogP contribution in [-0.4, -0.2) is 6.61 Å². The maximum atomic E-state index is 11.7. The first-order valence-electron chi connectivity index (χ1n) is 3.78. The fraction of sp³-hybridized carbons (Fsp3) is 0.333. The SMILES string of the molecule is C[C@H](Cl)c1ccc(OC(F)F)cc1. The van der Waals surface area contributed by atoms with E-state index in [2.05, 4.69) is 4.74 Å². The molecule has 0 amide bonds. The lowest BCUT2D eigenvalue weighted by molar-refractivity contribution is -0.0498. The van der Waals surface area contributed by atoms with Crippen LogP contribution in [0.4, 0.5) is 8.78 Å². The number of hydrogen-bond acceptors (Lipinski definition) is 1. The summed E-state index contributed by atoms with van der Waals surface area (Å²) >= 11 is 5.77. The molecule has 13 heavy (non-hydrogen) atoms. The molecule has 72 valence electrons. The van der Waals surface area contributed by atoms with Crippen LogP contribution in [0.15, 0.2) is 24.3 Å². The molecule has 0 saturated heterocycles. The molecular formula is C9H9ClF2O. The lowest BCUT2D eigenvalue weighted by Gasteiger charge is -2.06. The van der Waals surface area contributed by atoms with Crippen molar-refractivity contribution in [3.63, 3.8) is 0 Å². The lowest BCUT2D eigenvalue weighted by Crippen LogP contribution is -2.01. The van der Waals surface area contributed by atoms with Gasteiger partial charge in [-0.05, 0) is 24.6 Å². The Labute approximate surface area is 80.3 Å². The van der Waals surface area contributed by atoms with Crippen LogP contribution < -0.4 is 4.74 Å². The average Bonchev–Trinajstić information content (AvgIpc) is 2.04. The Hall–Kier alpha value is -0.830. The summed E-state index contributed by atoms with van der Waals surface area (Å²) in [6.45, 7) is -0.968. The van der Waals surface area contributed by atoms with Crippen LogP contribution in [-0.2, 0) is 0 Å². The molecule has 0 aromatic heterocycles. The quantitative estimate of drug-likeness (QED) is 0.687. The highest BCUT2D eigenvalue weighted by Crippen LogP contribution is 2.22. The van der Waals surface area contributed by atoms with E-state index in [9.17, 15) is 8.78 Å². The molecule has 1 nitrogen and oxygen atoms in total. The van der Waals surface area contributed by atoms with Crippen molar-refractivity contribution in [3.8, 4) is 5.75 Å². The fourth-order valence-corrected chi connectivity index (χ4v) is 1.06. The summed E-state index contributed by atoms with van der Waals surface area (Å²) in [5, 5.41) is -0.124. The summed E-state index contributed by atoms with van der Waals surface area (Å²) in [5.41, 5.74) is 0.878. The molecule has 0 aliphatic carbocycles. The summed E-state index contributed by atoms with van der Waals surface area (Å²) in [6.07, 6.45) is 0. The molecule has 0 aliphatic rings. The van der Waals surface area contributed by atoms with Gasteiger partial charge in [-0.15, -0.1) is 11.6 Å². The minimum absolute atomic E-state index is 0.124. The van der Waals surface area contributed by atoms with Gasteiger partial charge in [-0.25, -0.2) is 0 Å². The van der Waals surface area contributed by atoms with Crippen LogP contribution in [0.1, 0.15) is 17.9 Å². The zero-order chi connectivity index (χ0) is 9.84. The molecule has 4 heteroatoms. The second-order valence-corrected chi connectivity index (χ2v) is 3.22. The lowest BCUT2D eigenvalue weighted by atomic mass is 10.2. The largest absolute Gasteiger partial charge is 0.435 e. The van der Waals surface area contributed by atoms with Gasteiger partial charge in [-0.2, -0.15) is 8.78 Å². The Morgan fingerprint density at radius 3 is 2.15 bits per heavy atom. The van der Waals surface area contributed by atoms with Crippen LogP contribution in [0, 0.1) is 0 Å². The van der Waals surface area contributed by atoms with Crippen molar-refractivity contribution in [1.29, 1.82) is 0 Å². The van der Waals surface area contributed by atoms with Gasteiger partial charge in [0.2, 0.25) is 0 Å². The van der Waals surface area contributed by atoms with E-state index in [0.29, 0.717) is 0 Å². The Morgan fingerprint density at radius 2 is 1.77 bits per heavy atom. The molecule has 1 aromatic carbocycles. The fourth-order valence-electron chi connectivity index (χ4n) is 0.914. The van der Waals surface area contributed by atoms with Gasteiger partial charge in [0.15, 0.2) is 0 Å². The number of alkyl halides is 3. The molecule has 0 radical (unpaired) electrons. The number of hydrogen-bond donors (Lipinski definition) is 0. The Balaban J connectivity index is 2.70. The topological polar surface area (TPSA) is 9.23 Å². The van der Waals surface area contributed by atoms with Crippen LogP contribution >= 0.6 is 11.6 Å². The summed E-state index contributed by atoms with van der Waals surface area (Å²) in [5.74, 6) is 0.149. The Bertz CT molecular complexity index is 259.